The largest absolute Gasteiger partial charge is 0.493 e. The number of carbonyl (C=O) groups excluding carboxylic acids is 1. The maximum absolute atomic E-state index is 13.4. The van der Waals surface area contributed by atoms with Gasteiger partial charge in [0.05, 0.1) is 24.6 Å². The van der Waals surface area contributed by atoms with E-state index in [-0.39, 0.29) is 13.4 Å². The number of methoxy groups -OCH3 is 1. The molecule has 0 unspecified atom stereocenters. The van der Waals surface area contributed by atoms with Crippen LogP contribution in [0, 0.1) is 0 Å². The fourth-order valence-electron chi connectivity index (χ4n) is 5.71. The van der Waals surface area contributed by atoms with Crippen LogP contribution in [0.2, 0.25) is 5.02 Å². The molecule has 1 aromatic heterocycles. The van der Waals surface area contributed by atoms with Crippen molar-refractivity contribution in [2.24, 2.45) is 0 Å². The molecule has 2 fully saturated rings. The Morgan fingerprint density at radius 1 is 1.14 bits per heavy atom. The van der Waals surface area contributed by atoms with E-state index in [2.05, 4.69) is 10.6 Å². The first-order valence-corrected chi connectivity index (χ1v) is 12.8. The van der Waals surface area contributed by atoms with Gasteiger partial charge in [-0.1, -0.05) is 11.6 Å². The monoisotopic (exact) mass is 510 g/mol. The zero-order chi connectivity index (χ0) is 24.9. The quantitative estimate of drug-likeness (QED) is 0.522. The Morgan fingerprint density at radius 3 is 2.72 bits per heavy atom. The minimum atomic E-state index is -0.504. The fourth-order valence-corrected chi connectivity index (χ4v) is 5.87. The van der Waals surface area contributed by atoms with Crippen molar-refractivity contribution in [1.29, 1.82) is 0 Å². The lowest BCUT2D eigenvalue weighted by molar-refractivity contribution is -0.00931. The summed E-state index contributed by atoms with van der Waals surface area (Å²) in [5, 5.41) is 10.7. The molecule has 190 valence electrons. The predicted molar refractivity (Wildman–Crippen MR) is 138 cm³/mol. The molecular weight excluding hydrogens is 480 g/mol. The molecule has 2 aliphatic heterocycles. The molecule has 1 spiro atoms. The summed E-state index contributed by atoms with van der Waals surface area (Å²) < 4.78 is 20.3. The van der Waals surface area contributed by atoms with Gasteiger partial charge in [-0.2, -0.15) is 0 Å². The third kappa shape index (κ3) is 3.91. The number of nitrogens with zero attached hydrogens (tertiary/aromatic N) is 2. The van der Waals surface area contributed by atoms with E-state index >= 15 is 0 Å². The highest BCUT2D eigenvalue weighted by atomic mass is 35.5. The van der Waals surface area contributed by atoms with Crippen molar-refractivity contribution in [3.8, 4) is 22.9 Å². The van der Waals surface area contributed by atoms with Gasteiger partial charge < -0.3 is 28.8 Å². The number of fused-ring (bicyclic) bond motifs is 4. The van der Waals surface area contributed by atoms with Crippen LogP contribution in [-0.4, -0.2) is 52.9 Å². The Hall–Kier alpha value is -3.16. The Labute approximate surface area is 216 Å². The molecule has 3 aromatic rings. The zero-order valence-corrected chi connectivity index (χ0v) is 20.9. The van der Waals surface area contributed by atoms with Gasteiger partial charge in [0, 0.05) is 50.2 Å². The van der Waals surface area contributed by atoms with Crippen molar-refractivity contribution in [2.75, 3.05) is 20.2 Å². The van der Waals surface area contributed by atoms with Crippen LogP contribution in [0.4, 0.5) is 0 Å². The van der Waals surface area contributed by atoms with E-state index in [0.29, 0.717) is 48.0 Å². The molecule has 6 rings (SSSR count). The number of halogens is 1. The van der Waals surface area contributed by atoms with Crippen LogP contribution in [0.15, 0.2) is 54.7 Å². The SMILES string of the molecule is COc1cc(C(=O)N2CCC3(CC2)Oc2cc(Cl)ccc2-n2cccc23)ccc1O[C@@H]1CCC[C@H]1O.[HH]. The molecule has 0 bridgehead atoms. The predicted octanol–water partition coefficient (Wildman–Crippen LogP) is 5.20. The van der Waals surface area contributed by atoms with E-state index < -0.39 is 11.7 Å². The number of hydrogen-bond donors (Lipinski definition) is 1. The first kappa shape index (κ1) is 23.3. The number of aliphatic hydroxyl groups excluding tert-OH is 1. The molecule has 7 nitrogen and oxygen atoms in total. The number of rotatable bonds is 4. The summed E-state index contributed by atoms with van der Waals surface area (Å²) >= 11 is 6.25. The van der Waals surface area contributed by atoms with Crippen LogP contribution in [0.5, 0.6) is 17.2 Å². The summed E-state index contributed by atoms with van der Waals surface area (Å²) in [4.78, 5) is 15.3. The molecule has 1 amide bonds. The van der Waals surface area contributed by atoms with Crippen molar-refractivity contribution in [2.45, 2.75) is 49.9 Å². The Morgan fingerprint density at radius 2 is 1.97 bits per heavy atom. The van der Waals surface area contributed by atoms with Gasteiger partial charge in [0.1, 0.15) is 11.9 Å². The van der Waals surface area contributed by atoms with Crippen LogP contribution < -0.4 is 14.2 Å². The van der Waals surface area contributed by atoms with Gasteiger partial charge in [0.2, 0.25) is 0 Å². The summed E-state index contributed by atoms with van der Waals surface area (Å²) in [6.07, 6.45) is 5.17. The Balaban J connectivity index is 0.00000280. The third-order valence-corrected chi connectivity index (χ3v) is 7.90. The Bertz CT molecular complexity index is 1300. The van der Waals surface area contributed by atoms with Crippen LogP contribution in [0.3, 0.4) is 0 Å². The third-order valence-electron chi connectivity index (χ3n) is 7.67. The lowest BCUT2D eigenvalue weighted by atomic mass is 9.86. The highest BCUT2D eigenvalue weighted by Gasteiger charge is 2.44. The molecule has 36 heavy (non-hydrogen) atoms. The summed E-state index contributed by atoms with van der Waals surface area (Å²) in [5.74, 6) is 1.76. The van der Waals surface area contributed by atoms with Crippen molar-refractivity contribution in [1.82, 2.24) is 9.47 Å². The number of amides is 1. The highest BCUT2D eigenvalue weighted by molar-refractivity contribution is 6.30. The zero-order valence-electron chi connectivity index (χ0n) is 20.2. The molecule has 1 aliphatic carbocycles. The summed E-state index contributed by atoms with van der Waals surface area (Å²) in [5.41, 5.74) is 2.12. The molecule has 8 heteroatoms. The molecule has 1 saturated heterocycles. The molecule has 1 saturated carbocycles. The Kier molecular flexibility index (Phi) is 5.85. The van der Waals surface area contributed by atoms with Gasteiger partial charge in [-0.3, -0.25) is 4.79 Å². The number of piperidine rings is 1. The number of aliphatic hydroxyl groups is 1. The van der Waals surface area contributed by atoms with Gasteiger partial charge in [-0.05, 0) is 61.7 Å². The smallest absolute Gasteiger partial charge is 0.253 e. The number of likely N-dealkylation sites (tertiary alicyclic amines) is 1. The number of ether oxygens (including phenoxy) is 3. The van der Waals surface area contributed by atoms with E-state index in [4.69, 9.17) is 25.8 Å². The molecule has 1 N–H and O–H groups in total. The average Bonchev–Trinajstić information content (AvgIpc) is 3.54. The molecule has 2 atom stereocenters. The second-order valence-corrected chi connectivity index (χ2v) is 10.2. The van der Waals surface area contributed by atoms with Crippen LogP contribution in [0.25, 0.3) is 5.69 Å². The standard InChI is InChI=1S/C28H29ClN2O5.H2/c1-34-25-16-18(7-10-23(25)35-22-5-2-4-21(22)32)27(33)30-14-11-28(12-15-30)26-6-3-13-31(26)20-9-8-19(29)17-24(20)36-28;/h3,6-10,13,16-17,21-22,32H,2,4-5,11-12,14-15H2,1H3;1H/t21-,22-;/m1./s1. The van der Waals surface area contributed by atoms with E-state index in [1.54, 1.807) is 25.3 Å². The van der Waals surface area contributed by atoms with Gasteiger partial charge >= 0.3 is 0 Å². The maximum atomic E-state index is 13.4. The minimum absolute atomic E-state index is 0. The lowest BCUT2D eigenvalue weighted by Crippen LogP contribution is -2.50. The summed E-state index contributed by atoms with van der Waals surface area (Å²) in [6, 6.07) is 15.1. The molecular formula is C28H31ClN2O5. The maximum Gasteiger partial charge on any atom is 0.253 e. The van der Waals surface area contributed by atoms with E-state index in [1.165, 1.54) is 0 Å². The van der Waals surface area contributed by atoms with E-state index in [1.807, 2.05) is 35.4 Å². The lowest BCUT2D eigenvalue weighted by Gasteiger charge is -2.45. The van der Waals surface area contributed by atoms with Gasteiger partial charge in [-0.15, -0.1) is 0 Å². The normalized spacial score (nSPS) is 22.0. The second-order valence-electron chi connectivity index (χ2n) is 9.78. The fraction of sp³-hybridized carbons (Fsp3) is 0.393. The van der Waals surface area contributed by atoms with Crippen molar-refractivity contribution in [3.63, 3.8) is 0 Å². The van der Waals surface area contributed by atoms with Gasteiger partial charge in [-0.25, -0.2) is 0 Å². The summed E-state index contributed by atoms with van der Waals surface area (Å²) in [6.45, 7) is 1.13. The topological polar surface area (TPSA) is 73.2 Å². The van der Waals surface area contributed by atoms with Crippen LogP contribution in [-0.2, 0) is 5.60 Å². The molecule has 3 heterocycles. The minimum Gasteiger partial charge on any atom is -0.493 e. The number of hydrogen-bond acceptors (Lipinski definition) is 5. The van der Waals surface area contributed by atoms with Gasteiger partial charge in [0.15, 0.2) is 17.1 Å². The van der Waals surface area contributed by atoms with Crippen LogP contribution in [0.1, 0.15) is 49.6 Å². The van der Waals surface area contributed by atoms with E-state index in [9.17, 15) is 9.90 Å². The number of carbonyl (C=O) groups is 1. The molecule has 3 aliphatic rings. The van der Waals surface area contributed by atoms with E-state index in [0.717, 1.165) is 36.4 Å². The average molecular weight is 511 g/mol. The van der Waals surface area contributed by atoms with Crippen molar-refractivity contribution < 1.29 is 25.5 Å². The molecule has 0 radical (unpaired) electrons. The van der Waals surface area contributed by atoms with Gasteiger partial charge in [0.25, 0.3) is 5.91 Å². The van der Waals surface area contributed by atoms with Crippen molar-refractivity contribution in [3.05, 3.63) is 71.0 Å². The van der Waals surface area contributed by atoms with Crippen LogP contribution >= 0.6 is 11.6 Å². The first-order chi connectivity index (χ1) is 17.5. The van der Waals surface area contributed by atoms with Crippen molar-refractivity contribution >= 4 is 17.5 Å². The number of benzene rings is 2. The first-order valence-electron chi connectivity index (χ1n) is 12.5. The molecule has 2 aromatic carbocycles. The summed E-state index contributed by atoms with van der Waals surface area (Å²) in [7, 11) is 1.56. The number of aromatic nitrogens is 1. The highest BCUT2D eigenvalue weighted by Crippen LogP contribution is 2.46. The second kappa shape index (κ2) is 9.05.